The Balaban J connectivity index is 1.79. The van der Waals surface area contributed by atoms with Crippen LogP contribution in [0.4, 0.5) is 5.82 Å². The monoisotopic (exact) mass is 391 g/mol. The second-order valence-electron chi connectivity index (χ2n) is 6.04. The number of H-pyrrole nitrogens is 1. The Morgan fingerprint density at radius 2 is 2.00 bits per heavy atom. The third-order valence-corrected chi connectivity index (χ3v) is 5.05. The van der Waals surface area contributed by atoms with Gasteiger partial charge in [0.05, 0.1) is 19.0 Å². The van der Waals surface area contributed by atoms with Crippen LogP contribution in [0.5, 0.6) is 11.5 Å². The van der Waals surface area contributed by atoms with Crippen molar-refractivity contribution in [3.8, 4) is 11.5 Å². The molecule has 0 saturated heterocycles. The molecule has 0 radical (unpaired) electrons. The molecule has 27 heavy (non-hydrogen) atoms. The molecule has 3 N–H and O–H groups in total. The molecule has 1 aliphatic heterocycles. The fourth-order valence-corrected chi connectivity index (χ4v) is 3.55. The summed E-state index contributed by atoms with van der Waals surface area (Å²) < 4.78 is 12.4. The molecule has 0 bridgehead atoms. The number of nitrogens with zero attached hydrogens (tertiary/aromatic N) is 1. The summed E-state index contributed by atoms with van der Waals surface area (Å²) in [5.41, 5.74) is 4.39. The van der Waals surface area contributed by atoms with E-state index in [2.05, 4.69) is 4.98 Å². The van der Waals surface area contributed by atoms with Crippen molar-refractivity contribution in [3.05, 3.63) is 44.6 Å². The van der Waals surface area contributed by atoms with Crippen LogP contribution < -0.4 is 26.5 Å². The van der Waals surface area contributed by atoms with E-state index in [4.69, 9.17) is 15.2 Å². The van der Waals surface area contributed by atoms with Crippen molar-refractivity contribution in [2.75, 3.05) is 24.7 Å². The molecule has 144 valence electrons. The van der Waals surface area contributed by atoms with E-state index in [1.807, 2.05) is 19.1 Å². The van der Waals surface area contributed by atoms with E-state index in [0.29, 0.717) is 37.7 Å². The van der Waals surface area contributed by atoms with E-state index in [-0.39, 0.29) is 17.1 Å². The molecule has 0 aliphatic carbocycles. The maximum atomic E-state index is 12.6. The van der Waals surface area contributed by atoms with Gasteiger partial charge in [-0.1, -0.05) is 6.92 Å². The fourth-order valence-electron chi connectivity index (χ4n) is 2.76. The number of benzene rings is 1. The molecule has 0 saturated carbocycles. The minimum Gasteiger partial charge on any atom is -0.490 e. The summed E-state index contributed by atoms with van der Waals surface area (Å²) in [5, 5.41) is 0. The number of rotatable bonds is 6. The Morgan fingerprint density at radius 1 is 1.26 bits per heavy atom. The van der Waals surface area contributed by atoms with Gasteiger partial charge in [0, 0.05) is 17.9 Å². The smallest absolute Gasteiger partial charge is 0.329 e. The second-order valence-corrected chi connectivity index (χ2v) is 7.09. The first-order chi connectivity index (χ1) is 13.0. The zero-order valence-corrected chi connectivity index (χ0v) is 15.8. The molecule has 1 aliphatic rings. The van der Waals surface area contributed by atoms with E-state index in [9.17, 15) is 14.4 Å². The van der Waals surface area contributed by atoms with E-state index < -0.39 is 17.0 Å². The van der Waals surface area contributed by atoms with Gasteiger partial charge in [-0.15, -0.1) is 11.8 Å². The number of thioether (sulfide) groups is 1. The van der Waals surface area contributed by atoms with Gasteiger partial charge in [0.15, 0.2) is 17.3 Å². The van der Waals surface area contributed by atoms with Gasteiger partial charge in [0.1, 0.15) is 11.4 Å². The second kappa shape index (κ2) is 8.34. The molecule has 1 aromatic heterocycles. The number of Topliss-reactive ketones (excluding diaryl/α,β-unsaturated/α-hetero) is 1. The number of hydrogen-bond acceptors (Lipinski definition) is 7. The van der Waals surface area contributed by atoms with Gasteiger partial charge in [0.25, 0.3) is 5.56 Å². The molecule has 2 aromatic rings. The number of nitrogen functional groups attached to an aromatic ring is 1. The number of ketones is 1. The van der Waals surface area contributed by atoms with Crippen LogP contribution >= 0.6 is 11.8 Å². The lowest BCUT2D eigenvalue weighted by Crippen LogP contribution is -2.36. The van der Waals surface area contributed by atoms with E-state index in [1.165, 1.54) is 16.3 Å². The Hall–Kier alpha value is -2.68. The van der Waals surface area contributed by atoms with Crippen LogP contribution in [0.15, 0.2) is 32.7 Å². The molecule has 3 rings (SSSR count). The van der Waals surface area contributed by atoms with Gasteiger partial charge in [-0.2, -0.15) is 0 Å². The van der Waals surface area contributed by atoms with Crippen molar-refractivity contribution >= 4 is 23.4 Å². The lowest BCUT2D eigenvalue weighted by atomic mass is 10.2. The van der Waals surface area contributed by atoms with Gasteiger partial charge in [-0.25, -0.2) is 4.79 Å². The molecule has 9 heteroatoms. The summed E-state index contributed by atoms with van der Waals surface area (Å²) in [6.45, 7) is 3.38. The average Bonchev–Trinajstić information content (AvgIpc) is 2.88. The van der Waals surface area contributed by atoms with E-state index in [1.54, 1.807) is 6.07 Å². The quantitative estimate of drug-likeness (QED) is 0.568. The van der Waals surface area contributed by atoms with Crippen molar-refractivity contribution in [3.63, 3.8) is 0 Å². The first kappa shape index (κ1) is 19.1. The number of hydrogen-bond donors (Lipinski definition) is 2. The number of fused-ring (bicyclic) bond motifs is 1. The van der Waals surface area contributed by atoms with Gasteiger partial charge >= 0.3 is 5.69 Å². The lowest BCUT2D eigenvalue weighted by Gasteiger charge is -2.11. The molecule has 8 nitrogen and oxygen atoms in total. The number of aromatic nitrogens is 2. The highest BCUT2D eigenvalue weighted by atomic mass is 32.2. The molecule has 0 spiro atoms. The van der Waals surface area contributed by atoms with Gasteiger partial charge in [0.2, 0.25) is 0 Å². The normalized spacial score (nSPS) is 13.2. The van der Waals surface area contributed by atoms with Crippen LogP contribution in [0.1, 0.15) is 30.1 Å². The van der Waals surface area contributed by atoms with Crippen molar-refractivity contribution in [2.45, 2.75) is 31.2 Å². The molecule has 0 unspecified atom stereocenters. The van der Waals surface area contributed by atoms with Crippen LogP contribution in [0.25, 0.3) is 0 Å². The van der Waals surface area contributed by atoms with Gasteiger partial charge in [-0.3, -0.25) is 19.1 Å². The number of carbonyl (C=O) groups is 1. The fraction of sp³-hybridized carbons (Fsp3) is 0.389. The third kappa shape index (κ3) is 4.19. The maximum Gasteiger partial charge on any atom is 0.329 e. The summed E-state index contributed by atoms with van der Waals surface area (Å²) in [6, 6.07) is 5.44. The number of nitrogens with two attached hydrogens (primary N) is 1. The van der Waals surface area contributed by atoms with Crippen molar-refractivity contribution in [1.29, 1.82) is 0 Å². The highest BCUT2D eigenvalue weighted by Crippen LogP contribution is 2.34. The summed E-state index contributed by atoms with van der Waals surface area (Å²) in [7, 11) is 0. The molecular formula is C18H21N3O5S. The zero-order chi connectivity index (χ0) is 19.4. The molecule has 0 fully saturated rings. The van der Waals surface area contributed by atoms with Crippen molar-refractivity contribution in [2.24, 2.45) is 0 Å². The number of ether oxygens (including phenoxy) is 2. The number of nitrogens with one attached hydrogen (secondary N) is 1. The molecule has 1 aromatic carbocycles. The summed E-state index contributed by atoms with van der Waals surface area (Å²) in [5.74, 6) is 0.803. The number of carbonyl (C=O) groups excluding carboxylic acids is 1. The van der Waals surface area contributed by atoms with Crippen LogP contribution in [-0.4, -0.2) is 34.3 Å². The minimum absolute atomic E-state index is 0.0112. The Labute approximate surface area is 159 Å². The van der Waals surface area contributed by atoms with E-state index >= 15 is 0 Å². The van der Waals surface area contributed by atoms with E-state index in [0.717, 1.165) is 11.3 Å². The molecule has 2 heterocycles. The van der Waals surface area contributed by atoms with Gasteiger partial charge < -0.3 is 15.2 Å². The molecular weight excluding hydrogens is 370 g/mol. The first-order valence-corrected chi connectivity index (χ1v) is 9.68. The summed E-state index contributed by atoms with van der Waals surface area (Å²) in [6.07, 6.45) is 1.46. The number of anilines is 1. The summed E-state index contributed by atoms with van der Waals surface area (Å²) in [4.78, 5) is 39.5. The Bertz CT molecular complexity index is 966. The Kier molecular flexibility index (Phi) is 5.90. The predicted octanol–water partition coefficient (Wildman–Crippen LogP) is 1.67. The van der Waals surface area contributed by atoms with Crippen LogP contribution in [-0.2, 0) is 6.54 Å². The van der Waals surface area contributed by atoms with Crippen LogP contribution in [0.2, 0.25) is 0 Å². The molecule has 0 atom stereocenters. The average molecular weight is 391 g/mol. The molecule has 0 amide bonds. The van der Waals surface area contributed by atoms with Crippen molar-refractivity contribution < 1.29 is 14.3 Å². The first-order valence-electron chi connectivity index (χ1n) is 8.69. The number of aromatic amines is 1. The minimum atomic E-state index is -0.755. The largest absolute Gasteiger partial charge is 0.490 e. The topological polar surface area (TPSA) is 116 Å². The highest BCUT2D eigenvalue weighted by molar-refractivity contribution is 8.00. The standard InChI is InChI=1S/C18H21N3O5S/c1-2-6-21-16(19)15(17(23)20-18(21)24)12(22)10-27-11-4-5-13-14(9-11)26-8-3-7-25-13/h4-5,9H,2-3,6-8,10,19H2,1H3,(H,20,23,24). The van der Waals surface area contributed by atoms with Crippen LogP contribution in [0, 0.1) is 0 Å². The predicted molar refractivity (Wildman–Crippen MR) is 103 cm³/mol. The Morgan fingerprint density at radius 3 is 2.74 bits per heavy atom. The lowest BCUT2D eigenvalue weighted by molar-refractivity contribution is 0.102. The SMILES string of the molecule is CCCn1c(N)c(C(=O)CSc2ccc3c(c2)OCCCO3)c(=O)[nH]c1=O. The maximum absolute atomic E-state index is 12.6. The van der Waals surface area contributed by atoms with Gasteiger partial charge in [-0.05, 0) is 24.6 Å². The van der Waals surface area contributed by atoms with Crippen LogP contribution in [0.3, 0.4) is 0 Å². The summed E-state index contributed by atoms with van der Waals surface area (Å²) >= 11 is 1.26. The zero-order valence-electron chi connectivity index (χ0n) is 14.9. The third-order valence-electron chi connectivity index (χ3n) is 4.05. The van der Waals surface area contributed by atoms with Crippen molar-refractivity contribution in [1.82, 2.24) is 9.55 Å². The highest BCUT2D eigenvalue weighted by Gasteiger charge is 2.19.